The Balaban J connectivity index is 2.15. The first-order valence-electron chi connectivity index (χ1n) is 6.10. The lowest BCUT2D eigenvalue weighted by molar-refractivity contribution is 0.374. The zero-order valence-corrected chi connectivity index (χ0v) is 10.6. The van der Waals surface area contributed by atoms with Crippen LogP contribution in [0.5, 0.6) is 0 Å². The van der Waals surface area contributed by atoms with Crippen molar-refractivity contribution >= 4 is 11.3 Å². The fourth-order valence-corrected chi connectivity index (χ4v) is 3.51. The van der Waals surface area contributed by atoms with Gasteiger partial charge in [0.25, 0.3) is 0 Å². The Morgan fingerprint density at radius 1 is 1.47 bits per heavy atom. The van der Waals surface area contributed by atoms with Crippen molar-refractivity contribution < 1.29 is 0 Å². The minimum atomic E-state index is 0.615. The Labute approximate surface area is 96.9 Å². The van der Waals surface area contributed by atoms with Gasteiger partial charge in [-0.1, -0.05) is 19.8 Å². The second kappa shape index (κ2) is 5.13. The van der Waals surface area contributed by atoms with Crippen molar-refractivity contribution in [3.8, 4) is 0 Å². The highest BCUT2D eigenvalue weighted by Crippen LogP contribution is 2.37. The highest BCUT2D eigenvalue weighted by atomic mass is 32.1. The molecule has 1 atom stereocenters. The molecular weight excluding hydrogens is 202 g/mol. The van der Waals surface area contributed by atoms with Gasteiger partial charge < -0.3 is 5.32 Å². The van der Waals surface area contributed by atoms with Crippen molar-refractivity contribution in [3.63, 3.8) is 0 Å². The van der Waals surface area contributed by atoms with Crippen LogP contribution in [0.25, 0.3) is 0 Å². The van der Waals surface area contributed by atoms with Gasteiger partial charge in [-0.3, -0.25) is 0 Å². The van der Waals surface area contributed by atoms with E-state index < -0.39 is 0 Å². The molecule has 1 saturated carbocycles. The lowest BCUT2D eigenvalue weighted by atomic mass is 9.92. The lowest BCUT2D eigenvalue weighted by Gasteiger charge is -2.24. The second-order valence-electron chi connectivity index (χ2n) is 4.51. The van der Waals surface area contributed by atoms with Gasteiger partial charge in [-0.15, -0.1) is 11.3 Å². The number of hydrogen-bond donors (Lipinski definition) is 1. The largest absolute Gasteiger partial charge is 0.310 e. The van der Waals surface area contributed by atoms with Crippen LogP contribution in [0.2, 0.25) is 0 Å². The molecule has 1 aromatic rings. The molecule has 1 aliphatic carbocycles. The van der Waals surface area contributed by atoms with Crippen LogP contribution in [-0.4, -0.2) is 6.54 Å². The fraction of sp³-hybridized carbons (Fsp3) is 0.692. The molecular formula is C13H21NS. The first kappa shape index (κ1) is 11.2. The molecule has 0 bridgehead atoms. The van der Waals surface area contributed by atoms with Crippen LogP contribution in [0.3, 0.4) is 0 Å². The maximum absolute atomic E-state index is 3.67. The van der Waals surface area contributed by atoms with Gasteiger partial charge in [0.1, 0.15) is 0 Å². The van der Waals surface area contributed by atoms with E-state index in [0.717, 1.165) is 12.5 Å². The summed E-state index contributed by atoms with van der Waals surface area (Å²) in [5, 5.41) is 5.90. The number of rotatable bonds is 4. The summed E-state index contributed by atoms with van der Waals surface area (Å²) in [6, 6.07) is 2.93. The molecule has 1 nitrogen and oxygen atoms in total. The number of nitrogens with one attached hydrogen (secondary N) is 1. The van der Waals surface area contributed by atoms with E-state index in [-0.39, 0.29) is 0 Å². The summed E-state index contributed by atoms with van der Waals surface area (Å²) in [7, 11) is 0. The summed E-state index contributed by atoms with van der Waals surface area (Å²) in [6.07, 6.45) is 5.67. The Morgan fingerprint density at radius 2 is 2.20 bits per heavy atom. The van der Waals surface area contributed by atoms with E-state index in [1.807, 2.05) is 11.3 Å². The Hall–Kier alpha value is -0.340. The first-order valence-corrected chi connectivity index (χ1v) is 6.98. The highest BCUT2D eigenvalue weighted by Gasteiger charge is 2.26. The monoisotopic (exact) mass is 223 g/mol. The van der Waals surface area contributed by atoms with E-state index in [0.29, 0.717) is 6.04 Å². The summed E-state index contributed by atoms with van der Waals surface area (Å²) in [4.78, 5) is 1.49. The van der Waals surface area contributed by atoms with E-state index in [1.165, 1.54) is 30.6 Å². The van der Waals surface area contributed by atoms with Crippen LogP contribution in [0.15, 0.2) is 11.4 Å². The zero-order valence-electron chi connectivity index (χ0n) is 9.75. The van der Waals surface area contributed by atoms with E-state index in [2.05, 4.69) is 30.6 Å². The van der Waals surface area contributed by atoms with E-state index in [4.69, 9.17) is 0 Å². The lowest BCUT2D eigenvalue weighted by Crippen LogP contribution is -2.27. The maximum atomic E-state index is 3.67. The Morgan fingerprint density at radius 3 is 2.73 bits per heavy atom. The molecule has 1 fully saturated rings. The molecule has 1 heterocycles. The van der Waals surface area contributed by atoms with Crippen molar-refractivity contribution in [1.29, 1.82) is 0 Å². The van der Waals surface area contributed by atoms with Gasteiger partial charge in [0.15, 0.2) is 0 Å². The van der Waals surface area contributed by atoms with Crippen molar-refractivity contribution in [2.24, 2.45) is 5.92 Å². The normalized spacial score (nSPS) is 19.6. The molecule has 0 saturated heterocycles. The number of aryl methyl sites for hydroxylation is 1. The van der Waals surface area contributed by atoms with Gasteiger partial charge in [-0.2, -0.15) is 0 Å². The summed E-state index contributed by atoms with van der Waals surface area (Å²) < 4.78 is 0. The predicted molar refractivity (Wildman–Crippen MR) is 67.4 cm³/mol. The maximum Gasteiger partial charge on any atom is 0.0359 e. The standard InChI is InChI=1S/C13H21NS/c1-3-14-13(11-6-4-5-7-11)12-8-9-15-10(12)2/h8-9,11,13-14H,3-7H2,1-2H3. The molecule has 0 amide bonds. The highest BCUT2D eigenvalue weighted by molar-refractivity contribution is 7.10. The van der Waals surface area contributed by atoms with Gasteiger partial charge in [0.05, 0.1) is 0 Å². The molecule has 1 aromatic heterocycles. The summed E-state index contributed by atoms with van der Waals surface area (Å²) in [6.45, 7) is 5.54. The predicted octanol–water partition coefficient (Wildman–Crippen LogP) is 3.90. The molecule has 15 heavy (non-hydrogen) atoms. The third-order valence-corrected chi connectivity index (χ3v) is 4.39. The van der Waals surface area contributed by atoms with Crippen molar-refractivity contribution in [2.45, 2.75) is 45.6 Å². The minimum Gasteiger partial charge on any atom is -0.310 e. The van der Waals surface area contributed by atoms with Crippen molar-refractivity contribution in [2.75, 3.05) is 6.54 Å². The molecule has 2 rings (SSSR count). The summed E-state index contributed by atoms with van der Waals surface area (Å²) in [5.41, 5.74) is 1.55. The third kappa shape index (κ3) is 2.43. The molecule has 1 aliphatic rings. The van der Waals surface area contributed by atoms with Crippen LogP contribution in [0, 0.1) is 12.8 Å². The van der Waals surface area contributed by atoms with Gasteiger partial charge >= 0.3 is 0 Å². The number of thiophene rings is 1. The average Bonchev–Trinajstić information content (AvgIpc) is 2.85. The van der Waals surface area contributed by atoms with Crippen LogP contribution >= 0.6 is 11.3 Å². The molecule has 1 unspecified atom stereocenters. The average molecular weight is 223 g/mol. The summed E-state index contributed by atoms with van der Waals surface area (Å²) >= 11 is 1.88. The molecule has 0 spiro atoms. The van der Waals surface area contributed by atoms with Crippen molar-refractivity contribution in [3.05, 3.63) is 21.9 Å². The third-order valence-electron chi connectivity index (χ3n) is 3.53. The van der Waals surface area contributed by atoms with Crippen LogP contribution in [-0.2, 0) is 0 Å². The van der Waals surface area contributed by atoms with Gasteiger partial charge in [-0.05, 0) is 49.2 Å². The Kier molecular flexibility index (Phi) is 3.81. The van der Waals surface area contributed by atoms with E-state index in [1.54, 1.807) is 5.56 Å². The molecule has 0 radical (unpaired) electrons. The van der Waals surface area contributed by atoms with E-state index in [9.17, 15) is 0 Å². The van der Waals surface area contributed by atoms with Crippen LogP contribution in [0.1, 0.15) is 49.1 Å². The van der Waals surface area contributed by atoms with Crippen LogP contribution in [0.4, 0.5) is 0 Å². The molecule has 0 aromatic carbocycles. The molecule has 1 N–H and O–H groups in total. The molecule has 0 aliphatic heterocycles. The molecule has 2 heteroatoms. The Bertz CT molecular complexity index is 299. The minimum absolute atomic E-state index is 0.615. The van der Waals surface area contributed by atoms with Gasteiger partial charge in [-0.25, -0.2) is 0 Å². The first-order chi connectivity index (χ1) is 7.33. The quantitative estimate of drug-likeness (QED) is 0.816. The zero-order chi connectivity index (χ0) is 10.7. The summed E-state index contributed by atoms with van der Waals surface area (Å²) in [5.74, 6) is 0.873. The smallest absolute Gasteiger partial charge is 0.0359 e. The van der Waals surface area contributed by atoms with E-state index >= 15 is 0 Å². The molecule has 84 valence electrons. The fourth-order valence-electron chi connectivity index (χ4n) is 2.76. The number of hydrogen-bond acceptors (Lipinski definition) is 2. The second-order valence-corrected chi connectivity index (χ2v) is 5.63. The SMILES string of the molecule is CCNC(c1ccsc1C)C1CCCC1. The van der Waals surface area contributed by atoms with Crippen LogP contribution < -0.4 is 5.32 Å². The topological polar surface area (TPSA) is 12.0 Å². The van der Waals surface area contributed by atoms with Gasteiger partial charge in [0, 0.05) is 10.9 Å². The van der Waals surface area contributed by atoms with Crippen molar-refractivity contribution in [1.82, 2.24) is 5.32 Å². The van der Waals surface area contributed by atoms with Gasteiger partial charge in [0.2, 0.25) is 0 Å².